The number of fused-ring (bicyclic) bond motifs is 1. The number of nitrogens with zero attached hydrogens (tertiary/aromatic N) is 5. The number of rotatable bonds is 9. The molecule has 7 nitrogen and oxygen atoms in total. The van der Waals surface area contributed by atoms with Crippen LogP contribution in [0.2, 0.25) is 0 Å². The van der Waals surface area contributed by atoms with Crippen molar-refractivity contribution in [1.82, 2.24) is 19.7 Å². The maximum Gasteiger partial charge on any atom is 0.236 e. The molecule has 2 aromatic carbocycles. The number of carbonyl (C=O) groups is 1. The van der Waals surface area contributed by atoms with Crippen LogP contribution in [-0.4, -0.2) is 44.5 Å². The summed E-state index contributed by atoms with van der Waals surface area (Å²) in [5.41, 5.74) is 3.10. The van der Waals surface area contributed by atoms with Gasteiger partial charge in [0.1, 0.15) is 0 Å². The number of nitrogens with one attached hydrogen (secondary N) is 1. The van der Waals surface area contributed by atoms with Crippen molar-refractivity contribution in [2.75, 3.05) is 29.1 Å². The molecule has 2 aromatic heterocycles. The normalized spacial score (nSPS) is 11.1. The van der Waals surface area contributed by atoms with E-state index in [0.717, 1.165) is 46.4 Å². The fourth-order valence-electron chi connectivity index (χ4n) is 3.52. The van der Waals surface area contributed by atoms with E-state index in [0.29, 0.717) is 5.13 Å². The average Bonchev–Trinajstić information content (AvgIpc) is 3.42. The van der Waals surface area contributed by atoms with E-state index in [1.807, 2.05) is 28.8 Å². The quantitative estimate of drug-likeness (QED) is 0.344. The molecule has 0 aliphatic rings. The molecule has 0 unspecified atom stereocenters. The van der Waals surface area contributed by atoms with Crippen LogP contribution in [0.5, 0.6) is 0 Å². The lowest BCUT2D eigenvalue weighted by molar-refractivity contribution is -0.113. The van der Waals surface area contributed by atoms with Crippen molar-refractivity contribution in [3.8, 4) is 11.4 Å². The summed E-state index contributed by atoms with van der Waals surface area (Å²) >= 11 is 2.86. The van der Waals surface area contributed by atoms with Crippen LogP contribution >= 0.6 is 23.1 Å². The Hall–Kier alpha value is -2.91. The second-order valence-corrected chi connectivity index (χ2v) is 9.07. The summed E-state index contributed by atoms with van der Waals surface area (Å²) in [7, 11) is 0. The highest BCUT2D eigenvalue weighted by molar-refractivity contribution is 7.99. The molecule has 4 rings (SSSR count). The van der Waals surface area contributed by atoms with Crippen molar-refractivity contribution in [3.63, 3.8) is 0 Å². The lowest BCUT2D eigenvalue weighted by Crippen LogP contribution is -2.21. The summed E-state index contributed by atoms with van der Waals surface area (Å²) in [6, 6.07) is 16.2. The van der Waals surface area contributed by atoms with E-state index in [2.05, 4.69) is 70.4 Å². The van der Waals surface area contributed by atoms with Crippen LogP contribution in [0.3, 0.4) is 0 Å². The first-order valence-electron chi connectivity index (χ1n) is 10.7. The number of hydrogen-bond donors (Lipinski definition) is 1. The molecule has 0 aliphatic carbocycles. The van der Waals surface area contributed by atoms with E-state index in [1.165, 1.54) is 28.8 Å². The Bertz CT molecular complexity index is 1160. The van der Waals surface area contributed by atoms with Crippen molar-refractivity contribution in [2.45, 2.75) is 32.5 Å². The maximum atomic E-state index is 12.5. The zero-order valence-corrected chi connectivity index (χ0v) is 20.0. The van der Waals surface area contributed by atoms with Gasteiger partial charge in [-0.1, -0.05) is 35.2 Å². The minimum Gasteiger partial charge on any atom is -0.372 e. The second kappa shape index (κ2) is 10.1. The molecule has 0 atom stereocenters. The summed E-state index contributed by atoms with van der Waals surface area (Å²) < 4.78 is 3.10. The largest absolute Gasteiger partial charge is 0.372 e. The first kappa shape index (κ1) is 22.3. The summed E-state index contributed by atoms with van der Waals surface area (Å²) in [6.45, 7) is 9.04. The Morgan fingerprint density at radius 2 is 1.81 bits per heavy atom. The standard InChI is InChI=1S/C23H26N6OS2/c1-4-28(5-2)17-13-11-16(12-14-17)21-26-27-23(29(21)6-3)31-15-20(30)25-22-24-18-9-7-8-10-19(18)32-22/h7-14H,4-6,15H2,1-3H3,(H,24,25,30). The fraction of sp³-hybridized carbons (Fsp3) is 0.304. The summed E-state index contributed by atoms with van der Waals surface area (Å²) in [4.78, 5) is 19.2. The molecule has 1 N–H and O–H groups in total. The number of thioether (sulfide) groups is 1. The van der Waals surface area contributed by atoms with Gasteiger partial charge < -0.3 is 14.8 Å². The number of aromatic nitrogens is 4. The molecule has 166 valence electrons. The van der Waals surface area contributed by atoms with Crippen LogP contribution in [0.1, 0.15) is 20.8 Å². The molecular weight excluding hydrogens is 440 g/mol. The Morgan fingerprint density at radius 1 is 1.06 bits per heavy atom. The van der Waals surface area contributed by atoms with E-state index in [-0.39, 0.29) is 11.7 Å². The molecule has 1 amide bonds. The van der Waals surface area contributed by atoms with Gasteiger partial charge in [0.15, 0.2) is 16.1 Å². The van der Waals surface area contributed by atoms with Crippen molar-refractivity contribution < 1.29 is 4.79 Å². The third-order valence-corrected chi connectivity index (χ3v) is 7.08. The second-order valence-electron chi connectivity index (χ2n) is 7.09. The van der Waals surface area contributed by atoms with Crippen LogP contribution in [0, 0.1) is 0 Å². The van der Waals surface area contributed by atoms with Crippen LogP contribution in [0.25, 0.3) is 21.6 Å². The van der Waals surface area contributed by atoms with Gasteiger partial charge >= 0.3 is 0 Å². The molecule has 4 aromatic rings. The molecule has 0 bridgehead atoms. The number of hydrogen-bond acceptors (Lipinski definition) is 7. The van der Waals surface area contributed by atoms with Crippen LogP contribution in [0.4, 0.5) is 10.8 Å². The first-order valence-corrected chi connectivity index (χ1v) is 12.5. The Labute approximate surface area is 195 Å². The lowest BCUT2D eigenvalue weighted by atomic mass is 10.2. The van der Waals surface area contributed by atoms with Crippen LogP contribution in [0.15, 0.2) is 53.7 Å². The average molecular weight is 467 g/mol. The zero-order valence-electron chi connectivity index (χ0n) is 18.4. The lowest BCUT2D eigenvalue weighted by Gasteiger charge is -2.21. The van der Waals surface area contributed by atoms with Crippen molar-refractivity contribution in [3.05, 3.63) is 48.5 Å². The monoisotopic (exact) mass is 466 g/mol. The van der Waals surface area contributed by atoms with Gasteiger partial charge in [-0.15, -0.1) is 10.2 Å². The SMILES string of the molecule is CCN(CC)c1ccc(-c2nnc(SCC(=O)Nc3nc4ccccc4s3)n2CC)cc1. The van der Waals surface area contributed by atoms with Gasteiger partial charge in [0.05, 0.1) is 16.0 Å². The number of thiazole rings is 1. The molecule has 0 aliphatic heterocycles. The molecule has 0 saturated carbocycles. The maximum absolute atomic E-state index is 12.5. The predicted molar refractivity (Wildman–Crippen MR) is 134 cm³/mol. The van der Waals surface area contributed by atoms with Gasteiger partial charge in [-0.2, -0.15) is 0 Å². The summed E-state index contributed by atoms with van der Waals surface area (Å²) in [5, 5.41) is 13.0. The smallest absolute Gasteiger partial charge is 0.236 e. The van der Waals surface area contributed by atoms with Crippen molar-refractivity contribution >= 4 is 50.0 Å². The highest BCUT2D eigenvalue weighted by Gasteiger charge is 2.16. The van der Waals surface area contributed by atoms with Gasteiger partial charge in [-0.05, 0) is 57.2 Å². The molecule has 0 saturated heterocycles. The van der Waals surface area contributed by atoms with Crippen molar-refractivity contribution in [1.29, 1.82) is 0 Å². The third kappa shape index (κ3) is 4.78. The van der Waals surface area contributed by atoms with E-state index in [4.69, 9.17) is 0 Å². The minimum absolute atomic E-state index is 0.107. The number of para-hydroxylation sites is 1. The Balaban J connectivity index is 1.43. The third-order valence-electron chi connectivity index (χ3n) is 5.16. The van der Waals surface area contributed by atoms with Gasteiger partial charge in [-0.3, -0.25) is 4.79 Å². The number of amides is 1. The van der Waals surface area contributed by atoms with E-state index in [1.54, 1.807) is 0 Å². The van der Waals surface area contributed by atoms with Crippen molar-refractivity contribution in [2.24, 2.45) is 0 Å². The molecule has 0 fully saturated rings. The number of carbonyl (C=O) groups excluding carboxylic acids is 1. The van der Waals surface area contributed by atoms with Crippen LogP contribution in [-0.2, 0) is 11.3 Å². The topological polar surface area (TPSA) is 75.9 Å². The molecule has 32 heavy (non-hydrogen) atoms. The van der Waals surface area contributed by atoms with Gasteiger partial charge in [0.25, 0.3) is 0 Å². The highest BCUT2D eigenvalue weighted by atomic mass is 32.2. The highest BCUT2D eigenvalue weighted by Crippen LogP contribution is 2.28. The fourth-order valence-corrected chi connectivity index (χ4v) is 5.20. The van der Waals surface area contributed by atoms with E-state index in [9.17, 15) is 4.79 Å². The summed E-state index contributed by atoms with van der Waals surface area (Å²) in [6.07, 6.45) is 0. The Kier molecular flexibility index (Phi) is 7.06. The van der Waals surface area contributed by atoms with E-state index >= 15 is 0 Å². The molecule has 0 spiro atoms. The Morgan fingerprint density at radius 3 is 2.50 bits per heavy atom. The van der Waals surface area contributed by atoms with Gasteiger partial charge in [0, 0.05) is 30.9 Å². The minimum atomic E-state index is -0.107. The number of benzene rings is 2. The van der Waals surface area contributed by atoms with Gasteiger partial charge in [0.2, 0.25) is 5.91 Å². The molecule has 9 heteroatoms. The first-order chi connectivity index (χ1) is 15.6. The van der Waals surface area contributed by atoms with Gasteiger partial charge in [-0.25, -0.2) is 4.98 Å². The molecular formula is C23H26N6OS2. The van der Waals surface area contributed by atoms with Crippen LogP contribution < -0.4 is 10.2 Å². The molecule has 0 radical (unpaired) electrons. The van der Waals surface area contributed by atoms with E-state index < -0.39 is 0 Å². The zero-order chi connectivity index (χ0) is 22.5. The molecule has 2 heterocycles. The summed E-state index contributed by atoms with van der Waals surface area (Å²) in [5.74, 6) is 0.951. The number of anilines is 2. The predicted octanol–water partition coefficient (Wildman–Crippen LogP) is 5.15.